The van der Waals surface area contributed by atoms with Gasteiger partial charge >= 0.3 is 0 Å². The molecular weight excluding hydrogens is 216 g/mol. The Balaban J connectivity index is 2.28. The molecular formula is C14H20O3. The molecule has 94 valence electrons. The van der Waals surface area contributed by atoms with E-state index in [2.05, 4.69) is 0 Å². The lowest BCUT2D eigenvalue weighted by Gasteiger charge is -2.29. The Morgan fingerprint density at radius 3 is 2.71 bits per heavy atom. The summed E-state index contributed by atoms with van der Waals surface area (Å²) in [5, 5.41) is 9.29. The van der Waals surface area contributed by atoms with Gasteiger partial charge in [-0.15, -0.1) is 0 Å². The molecule has 1 aromatic carbocycles. The van der Waals surface area contributed by atoms with E-state index in [1.165, 1.54) is 6.42 Å². The van der Waals surface area contributed by atoms with E-state index in [1.807, 2.05) is 25.1 Å². The summed E-state index contributed by atoms with van der Waals surface area (Å²) < 4.78 is 11.3. The first-order chi connectivity index (χ1) is 8.26. The van der Waals surface area contributed by atoms with Crippen LogP contribution >= 0.6 is 0 Å². The van der Waals surface area contributed by atoms with E-state index >= 15 is 0 Å². The number of hydrogen-bond donors (Lipinski definition) is 1. The second-order valence-corrected chi connectivity index (χ2v) is 4.63. The minimum atomic E-state index is 0.0696. The number of aliphatic hydroxyl groups is 1. The molecule has 2 rings (SSSR count). The molecule has 0 saturated heterocycles. The molecule has 17 heavy (non-hydrogen) atoms. The molecule has 3 heteroatoms. The molecule has 0 aromatic heterocycles. The third kappa shape index (κ3) is 2.55. The second kappa shape index (κ2) is 5.41. The predicted molar refractivity (Wildman–Crippen MR) is 66.8 cm³/mol. The van der Waals surface area contributed by atoms with Gasteiger partial charge in [-0.3, -0.25) is 0 Å². The summed E-state index contributed by atoms with van der Waals surface area (Å²) in [6.07, 6.45) is 3.79. The monoisotopic (exact) mass is 236 g/mol. The van der Waals surface area contributed by atoms with Gasteiger partial charge in [-0.1, -0.05) is 19.1 Å². The first-order valence-electron chi connectivity index (χ1n) is 6.20. The summed E-state index contributed by atoms with van der Waals surface area (Å²) in [5.74, 6) is 1.64. The molecule has 1 aliphatic rings. The highest BCUT2D eigenvalue weighted by atomic mass is 16.5. The van der Waals surface area contributed by atoms with Gasteiger partial charge in [-0.05, 0) is 25.3 Å². The van der Waals surface area contributed by atoms with Gasteiger partial charge in [-0.2, -0.15) is 0 Å². The van der Waals surface area contributed by atoms with Gasteiger partial charge < -0.3 is 14.6 Å². The van der Waals surface area contributed by atoms with Crippen molar-refractivity contribution in [1.29, 1.82) is 0 Å². The Kier molecular flexibility index (Phi) is 3.89. The van der Waals surface area contributed by atoms with Gasteiger partial charge in [0.15, 0.2) is 11.5 Å². The number of rotatable bonds is 5. The van der Waals surface area contributed by atoms with Crippen LogP contribution in [0.4, 0.5) is 0 Å². The molecule has 3 nitrogen and oxygen atoms in total. The van der Waals surface area contributed by atoms with Crippen LogP contribution in [-0.2, 0) is 0 Å². The van der Waals surface area contributed by atoms with Crippen LogP contribution in [0.2, 0.25) is 0 Å². The van der Waals surface area contributed by atoms with Crippen molar-refractivity contribution in [3.63, 3.8) is 0 Å². The van der Waals surface area contributed by atoms with Gasteiger partial charge in [0.2, 0.25) is 0 Å². The van der Waals surface area contributed by atoms with E-state index in [4.69, 9.17) is 9.47 Å². The fourth-order valence-corrected chi connectivity index (χ4v) is 1.96. The Labute approximate surface area is 102 Å². The smallest absolute Gasteiger partial charge is 0.165 e. The number of hydrogen-bond acceptors (Lipinski definition) is 3. The Hall–Kier alpha value is -1.22. The third-order valence-electron chi connectivity index (χ3n) is 3.37. The molecule has 1 atom stereocenters. The van der Waals surface area contributed by atoms with E-state index in [1.54, 1.807) is 7.11 Å². The molecule has 0 bridgehead atoms. The van der Waals surface area contributed by atoms with E-state index in [0.717, 1.165) is 29.9 Å². The standard InChI is InChI=1S/C14H20O3/c1-10(9-15)12-7-4-8-13(16-2)14(12)17-11-5-3-6-11/h4,7-8,10-11,15H,3,5-6,9H2,1-2H3. The van der Waals surface area contributed by atoms with Crippen molar-refractivity contribution in [3.05, 3.63) is 23.8 Å². The summed E-state index contributed by atoms with van der Waals surface area (Å²) >= 11 is 0. The largest absolute Gasteiger partial charge is 0.493 e. The fourth-order valence-electron chi connectivity index (χ4n) is 1.96. The van der Waals surface area contributed by atoms with Crippen molar-refractivity contribution in [2.24, 2.45) is 0 Å². The van der Waals surface area contributed by atoms with E-state index in [-0.39, 0.29) is 12.5 Å². The molecule has 0 amide bonds. The minimum Gasteiger partial charge on any atom is -0.493 e. The van der Waals surface area contributed by atoms with Crippen molar-refractivity contribution in [2.45, 2.75) is 38.2 Å². The topological polar surface area (TPSA) is 38.7 Å². The molecule has 0 heterocycles. The normalized spacial score (nSPS) is 17.4. The summed E-state index contributed by atoms with van der Waals surface area (Å²) in [5.41, 5.74) is 1.03. The lowest BCUT2D eigenvalue weighted by Crippen LogP contribution is -2.25. The van der Waals surface area contributed by atoms with Crippen molar-refractivity contribution in [3.8, 4) is 11.5 Å². The molecule has 1 unspecified atom stereocenters. The van der Waals surface area contributed by atoms with Gasteiger partial charge in [0.25, 0.3) is 0 Å². The summed E-state index contributed by atoms with van der Waals surface area (Å²) in [4.78, 5) is 0. The maximum Gasteiger partial charge on any atom is 0.165 e. The summed E-state index contributed by atoms with van der Waals surface area (Å²) in [6, 6.07) is 5.84. The van der Waals surface area contributed by atoms with Gasteiger partial charge in [-0.25, -0.2) is 0 Å². The number of ether oxygens (including phenoxy) is 2. The zero-order chi connectivity index (χ0) is 12.3. The lowest BCUT2D eigenvalue weighted by atomic mass is 9.95. The molecule has 1 N–H and O–H groups in total. The molecule has 0 aliphatic heterocycles. The van der Waals surface area contributed by atoms with Gasteiger partial charge in [0.05, 0.1) is 13.2 Å². The van der Waals surface area contributed by atoms with Crippen LogP contribution in [0.3, 0.4) is 0 Å². The quantitative estimate of drug-likeness (QED) is 0.854. The van der Waals surface area contributed by atoms with Crippen LogP contribution in [0, 0.1) is 0 Å². The molecule has 1 aromatic rings. The van der Waals surface area contributed by atoms with E-state index in [9.17, 15) is 5.11 Å². The highest BCUT2D eigenvalue weighted by molar-refractivity contribution is 5.48. The summed E-state index contributed by atoms with van der Waals surface area (Å²) in [6.45, 7) is 2.11. The average Bonchev–Trinajstić information content (AvgIpc) is 2.32. The van der Waals surface area contributed by atoms with Crippen LogP contribution in [-0.4, -0.2) is 24.9 Å². The number of para-hydroxylation sites is 1. The second-order valence-electron chi connectivity index (χ2n) is 4.63. The van der Waals surface area contributed by atoms with Crippen LogP contribution in [0.25, 0.3) is 0 Å². The maximum atomic E-state index is 9.29. The third-order valence-corrected chi connectivity index (χ3v) is 3.37. The van der Waals surface area contributed by atoms with E-state index in [0.29, 0.717) is 6.10 Å². The summed E-state index contributed by atoms with van der Waals surface area (Å²) in [7, 11) is 1.65. The maximum absolute atomic E-state index is 9.29. The van der Waals surface area contributed by atoms with Crippen molar-refractivity contribution < 1.29 is 14.6 Å². The van der Waals surface area contributed by atoms with Gasteiger partial charge in [0, 0.05) is 18.1 Å². The van der Waals surface area contributed by atoms with Crippen molar-refractivity contribution in [2.75, 3.05) is 13.7 Å². The molecule has 1 aliphatic carbocycles. The number of benzene rings is 1. The Morgan fingerprint density at radius 1 is 1.41 bits per heavy atom. The Morgan fingerprint density at radius 2 is 2.18 bits per heavy atom. The fraction of sp³-hybridized carbons (Fsp3) is 0.571. The molecule has 0 spiro atoms. The van der Waals surface area contributed by atoms with Crippen molar-refractivity contribution >= 4 is 0 Å². The predicted octanol–water partition coefficient (Wildman–Crippen LogP) is 2.72. The average molecular weight is 236 g/mol. The van der Waals surface area contributed by atoms with E-state index < -0.39 is 0 Å². The molecule has 0 radical (unpaired) electrons. The zero-order valence-electron chi connectivity index (χ0n) is 10.5. The molecule has 1 saturated carbocycles. The number of methoxy groups -OCH3 is 1. The SMILES string of the molecule is COc1cccc(C(C)CO)c1OC1CCC1. The van der Waals surface area contributed by atoms with Crippen LogP contribution in [0.15, 0.2) is 18.2 Å². The van der Waals surface area contributed by atoms with Crippen LogP contribution < -0.4 is 9.47 Å². The van der Waals surface area contributed by atoms with Crippen molar-refractivity contribution in [1.82, 2.24) is 0 Å². The van der Waals surface area contributed by atoms with Crippen LogP contribution in [0.1, 0.15) is 37.7 Å². The van der Waals surface area contributed by atoms with Crippen LogP contribution in [0.5, 0.6) is 11.5 Å². The van der Waals surface area contributed by atoms with Gasteiger partial charge in [0.1, 0.15) is 0 Å². The molecule has 1 fully saturated rings. The zero-order valence-corrected chi connectivity index (χ0v) is 10.5. The minimum absolute atomic E-state index is 0.0696. The first kappa shape index (κ1) is 12.2. The number of aliphatic hydroxyl groups excluding tert-OH is 1. The highest BCUT2D eigenvalue weighted by Gasteiger charge is 2.23. The Bertz CT molecular complexity index is 372. The first-order valence-corrected chi connectivity index (χ1v) is 6.20. The highest BCUT2D eigenvalue weighted by Crippen LogP contribution is 2.38. The lowest BCUT2D eigenvalue weighted by molar-refractivity contribution is 0.113.